The van der Waals surface area contributed by atoms with Gasteiger partial charge in [-0.05, 0) is 42.7 Å². The number of hydrogen-bond donors (Lipinski definition) is 2. The maximum absolute atomic E-state index is 13.2. The predicted octanol–water partition coefficient (Wildman–Crippen LogP) is 0.647. The van der Waals surface area contributed by atoms with E-state index in [1.54, 1.807) is 12.1 Å². The van der Waals surface area contributed by atoms with Crippen molar-refractivity contribution in [2.75, 3.05) is 13.1 Å². The molecule has 158 valence electrons. The molecule has 0 spiro atoms. The van der Waals surface area contributed by atoms with Gasteiger partial charge in [0.05, 0.1) is 11.1 Å². The standard InChI is InChI=1S/C22H26N4O4/c23-16-11-25(9-12-3-1-5-14(12)16)10-13-4-2-6-15-19(13)22(30)26(21(15)29)17-7-8-18(27)24-20(17)28/h2,4,6,12,14,16-17H,1,3,5,7-11,23H2,(H,24,27,28). The summed E-state index contributed by atoms with van der Waals surface area (Å²) in [7, 11) is 0. The van der Waals surface area contributed by atoms with Crippen molar-refractivity contribution in [1.82, 2.24) is 15.1 Å². The maximum Gasteiger partial charge on any atom is 0.262 e. The lowest BCUT2D eigenvalue weighted by Gasteiger charge is -2.39. The molecule has 8 nitrogen and oxygen atoms in total. The van der Waals surface area contributed by atoms with Crippen molar-refractivity contribution in [2.24, 2.45) is 17.6 Å². The number of fused-ring (bicyclic) bond motifs is 2. The maximum atomic E-state index is 13.2. The lowest BCUT2D eigenvalue weighted by molar-refractivity contribution is -0.136. The van der Waals surface area contributed by atoms with E-state index < -0.39 is 23.8 Å². The van der Waals surface area contributed by atoms with Crippen LogP contribution in [0.15, 0.2) is 18.2 Å². The minimum Gasteiger partial charge on any atom is -0.326 e. The number of rotatable bonds is 3. The molecule has 4 atom stereocenters. The van der Waals surface area contributed by atoms with Crippen LogP contribution in [0.25, 0.3) is 0 Å². The van der Waals surface area contributed by atoms with Gasteiger partial charge < -0.3 is 5.73 Å². The summed E-state index contributed by atoms with van der Waals surface area (Å²) >= 11 is 0. The number of piperidine rings is 2. The highest BCUT2D eigenvalue weighted by atomic mass is 16.2. The second-order valence-corrected chi connectivity index (χ2v) is 9.00. The molecule has 4 amide bonds. The summed E-state index contributed by atoms with van der Waals surface area (Å²) < 4.78 is 0. The van der Waals surface area contributed by atoms with Crippen LogP contribution in [0.3, 0.4) is 0 Å². The first-order valence-corrected chi connectivity index (χ1v) is 10.8. The molecule has 1 saturated carbocycles. The van der Waals surface area contributed by atoms with Crippen LogP contribution < -0.4 is 11.1 Å². The van der Waals surface area contributed by atoms with E-state index in [1.807, 2.05) is 6.07 Å². The summed E-state index contributed by atoms with van der Waals surface area (Å²) in [5.74, 6) is -0.675. The Labute approximate surface area is 174 Å². The Balaban J connectivity index is 1.40. The molecule has 0 bridgehead atoms. The predicted molar refractivity (Wildman–Crippen MR) is 107 cm³/mol. The number of benzene rings is 1. The Bertz CT molecular complexity index is 945. The van der Waals surface area contributed by atoms with Gasteiger partial charge in [-0.3, -0.25) is 34.3 Å². The summed E-state index contributed by atoms with van der Waals surface area (Å²) in [6, 6.07) is 4.51. The lowest BCUT2D eigenvalue weighted by atomic mass is 9.85. The first-order valence-electron chi connectivity index (χ1n) is 10.8. The largest absolute Gasteiger partial charge is 0.326 e. The van der Waals surface area contributed by atoms with Gasteiger partial charge in [-0.1, -0.05) is 18.6 Å². The van der Waals surface area contributed by atoms with Crippen molar-refractivity contribution in [1.29, 1.82) is 0 Å². The van der Waals surface area contributed by atoms with Crippen LogP contribution in [-0.2, 0) is 16.1 Å². The number of likely N-dealkylation sites (tertiary alicyclic amines) is 1. The zero-order valence-corrected chi connectivity index (χ0v) is 16.8. The quantitative estimate of drug-likeness (QED) is 0.708. The summed E-state index contributed by atoms with van der Waals surface area (Å²) in [6.45, 7) is 2.30. The number of nitrogens with one attached hydrogen (secondary N) is 1. The van der Waals surface area contributed by atoms with Crippen LogP contribution in [0, 0.1) is 11.8 Å². The van der Waals surface area contributed by atoms with Gasteiger partial charge in [0, 0.05) is 32.1 Å². The minimum absolute atomic E-state index is 0.116. The molecule has 1 aromatic rings. The molecule has 30 heavy (non-hydrogen) atoms. The Hall–Kier alpha value is -2.58. The molecule has 3 heterocycles. The van der Waals surface area contributed by atoms with E-state index in [-0.39, 0.29) is 24.8 Å². The van der Waals surface area contributed by atoms with E-state index in [0.29, 0.717) is 29.5 Å². The molecule has 4 aliphatic rings. The van der Waals surface area contributed by atoms with Crippen molar-refractivity contribution in [3.05, 3.63) is 34.9 Å². The molecular weight excluding hydrogens is 384 g/mol. The normalized spacial score (nSPS) is 31.7. The van der Waals surface area contributed by atoms with Gasteiger partial charge in [0.15, 0.2) is 0 Å². The topological polar surface area (TPSA) is 113 Å². The minimum atomic E-state index is -0.939. The van der Waals surface area contributed by atoms with Crippen molar-refractivity contribution in [3.63, 3.8) is 0 Å². The molecule has 0 radical (unpaired) electrons. The molecule has 2 saturated heterocycles. The van der Waals surface area contributed by atoms with Crippen LogP contribution in [0.2, 0.25) is 0 Å². The van der Waals surface area contributed by atoms with E-state index in [2.05, 4.69) is 10.2 Å². The second-order valence-electron chi connectivity index (χ2n) is 9.00. The van der Waals surface area contributed by atoms with Crippen molar-refractivity contribution in [3.8, 4) is 0 Å². The highest BCUT2D eigenvalue weighted by molar-refractivity contribution is 6.24. The van der Waals surface area contributed by atoms with Gasteiger partial charge in [-0.15, -0.1) is 0 Å². The molecule has 5 rings (SSSR count). The SMILES string of the molecule is NC1CN(Cc2cccc3c2C(=O)N(C2CCC(=O)NC2=O)C3=O)CC2CCCC12. The Kier molecular flexibility index (Phi) is 4.71. The van der Waals surface area contributed by atoms with Crippen LogP contribution in [0.1, 0.15) is 58.4 Å². The van der Waals surface area contributed by atoms with Crippen molar-refractivity contribution in [2.45, 2.75) is 50.7 Å². The number of hydrogen-bond acceptors (Lipinski definition) is 6. The highest BCUT2D eigenvalue weighted by Crippen LogP contribution is 2.38. The van der Waals surface area contributed by atoms with Gasteiger partial charge >= 0.3 is 0 Å². The third-order valence-corrected chi connectivity index (χ3v) is 7.18. The average Bonchev–Trinajstić information content (AvgIpc) is 3.27. The smallest absolute Gasteiger partial charge is 0.262 e. The Morgan fingerprint density at radius 2 is 1.87 bits per heavy atom. The first-order chi connectivity index (χ1) is 14.4. The summed E-state index contributed by atoms with van der Waals surface area (Å²) in [5.41, 5.74) is 7.94. The molecular formula is C22H26N4O4. The van der Waals surface area contributed by atoms with E-state index >= 15 is 0 Å². The Morgan fingerprint density at radius 1 is 1.03 bits per heavy atom. The fraction of sp³-hybridized carbons (Fsp3) is 0.545. The van der Waals surface area contributed by atoms with E-state index in [0.717, 1.165) is 23.6 Å². The van der Waals surface area contributed by atoms with E-state index in [1.165, 1.54) is 19.3 Å². The van der Waals surface area contributed by atoms with Crippen molar-refractivity contribution >= 4 is 23.6 Å². The van der Waals surface area contributed by atoms with Gasteiger partial charge in [0.1, 0.15) is 6.04 Å². The van der Waals surface area contributed by atoms with Gasteiger partial charge in [0.25, 0.3) is 11.8 Å². The third-order valence-electron chi connectivity index (χ3n) is 7.18. The molecule has 4 unspecified atom stereocenters. The molecule has 3 N–H and O–H groups in total. The number of amides is 4. The lowest BCUT2D eigenvalue weighted by Crippen LogP contribution is -2.54. The summed E-state index contributed by atoms with van der Waals surface area (Å²) in [4.78, 5) is 53.3. The molecule has 0 aromatic heterocycles. The Morgan fingerprint density at radius 3 is 2.67 bits per heavy atom. The molecule has 1 aromatic carbocycles. The first kappa shape index (κ1) is 19.4. The third kappa shape index (κ3) is 3.06. The molecule has 3 aliphatic heterocycles. The van der Waals surface area contributed by atoms with Gasteiger partial charge in [-0.2, -0.15) is 0 Å². The fourth-order valence-corrected chi connectivity index (χ4v) is 5.78. The summed E-state index contributed by atoms with van der Waals surface area (Å²) in [6.07, 6.45) is 3.91. The molecule has 8 heteroatoms. The number of carbonyl (C=O) groups is 4. The van der Waals surface area contributed by atoms with Crippen LogP contribution >= 0.6 is 0 Å². The van der Waals surface area contributed by atoms with Gasteiger partial charge in [0.2, 0.25) is 11.8 Å². The molecule has 3 fully saturated rings. The van der Waals surface area contributed by atoms with Crippen LogP contribution in [0.4, 0.5) is 0 Å². The van der Waals surface area contributed by atoms with E-state index in [4.69, 9.17) is 5.73 Å². The monoisotopic (exact) mass is 410 g/mol. The van der Waals surface area contributed by atoms with E-state index in [9.17, 15) is 19.2 Å². The number of imide groups is 2. The number of carbonyl (C=O) groups excluding carboxylic acids is 4. The van der Waals surface area contributed by atoms with Crippen LogP contribution in [0.5, 0.6) is 0 Å². The van der Waals surface area contributed by atoms with Gasteiger partial charge in [-0.25, -0.2) is 0 Å². The van der Waals surface area contributed by atoms with Crippen LogP contribution in [-0.4, -0.2) is 58.6 Å². The zero-order chi connectivity index (χ0) is 21.0. The summed E-state index contributed by atoms with van der Waals surface area (Å²) in [5, 5.41) is 2.23. The second kappa shape index (κ2) is 7.28. The number of nitrogens with two attached hydrogens (primary N) is 1. The highest BCUT2D eigenvalue weighted by Gasteiger charge is 2.46. The zero-order valence-electron chi connectivity index (χ0n) is 16.8. The molecule has 1 aliphatic carbocycles. The van der Waals surface area contributed by atoms with Crippen molar-refractivity contribution < 1.29 is 19.2 Å². The average molecular weight is 410 g/mol. The fourth-order valence-electron chi connectivity index (χ4n) is 5.78. The number of nitrogens with zero attached hydrogens (tertiary/aromatic N) is 2.